The smallest absolute Gasteiger partial charge is 0.104 e. The van der Waals surface area contributed by atoms with Crippen molar-refractivity contribution in [2.45, 2.75) is 25.4 Å². The molecule has 0 amide bonds. The van der Waals surface area contributed by atoms with Crippen molar-refractivity contribution in [3.8, 4) is 0 Å². The second-order valence-electron chi connectivity index (χ2n) is 3.28. The van der Waals surface area contributed by atoms with E-state index in [1.54, 1.807) is 6.20 Å². The molecule has 1 aromatic heterocycles. The van der Waals surface area contributed by atoms with Gasteiger partial charge in [0, 0.05) is 6.20 Å². The largest absolute Gasteiger partial charge is 0.384 e. The molecule has 1 aliphatic rings. The molecule has 0 radical (unpaired) electrons. The van der Waals surface area contributed by atoms with Gasteiger partial charge in [0.15, 0.2) is 0 Å². The first-order chi connectivity index (χ1) is 5.20. The Morgan fingerprint density at radius 1 is 1.64 bits per heavy atom. The molecular formula is C9H11NO. The molecule has 0 spiro atoms. The number of rotatable bonds is 0. The summed E-state index contributed by atoms with van der Waals surface area (Å²) >= 11 is 0. The molecule has 2 nitrogen and oxygen atoms in total. The molecule has 0 fully saturated rings. The summed E-state index contributed by atoms with van der Waals surface area (Å²) in [6.07, 6.45) is 3.49. The van der Waals surface area contributed by atoms with Crippen LogP contribution in [0.15, 0.2) is 18.3 Å². The molecular weight excluding hydrogens is 138 g/mol. The van der Waals surface area contributed by atoms with Gasteiger partial charge in [-0.15, -0.1) is 0 Å². The lowest BCUT2D eigenvalue weighted by Gasteiger charge is -2.15. The van der Waals surface area contributed by atoms with E-state index in [0.717, 1.165) is 18.5 Å². The van der Waals surface area contributed by atoms with Crippen molar-refractivity contribution < 1.29 is 5.11 Å². The number of aliphatic hydroxyl groups is 1. The number of hydrogen-bond donors (Lipinski definition) is 1. The highest BCUT2D eigenvalue weighted by Crippen LogP contribution is 2.33. The molecule has 1 aliphatic carbocycles. The first kappa shape index (κ1) is 6.80. The van der Waals surface area contributed by atoms with Crippen LogP contribution in [-0.2, 0) is 12.0 Å². The number of nitrogens with zero attached hydrogens (tertiary/aromatic N) is 1. The van der Waals surface area contributed by atoms with Gasteiger partial charge >= 0.3 is 0 Å². The highest BCUT2D eigenvalue weighted by molar-refractivity contribution is 5.29. The van der Waals surface area contributed by atoms with E-state index in [4.69, 9.17) is 0 Å². The molecule has 1 heterocycles. The summed E-state index contributed by atoms with van der Waals surface area (Å²) < 4.78 is 0. The van der Waals surface area contributed by atoms with E-state index >= 15 is 0 Å². The lowest BCUT2D eigenvalue weighted by molar-refractivity contribution is 0.0553. The summed E-state index contributed by atoms with van der Waals surface area (Å²) in [5.41, 5.74) is 1.37. The number of fused-ring (bicyclic) bond motifs is 1. The third-order valence-electron chi connectivity index (χ3n) is 2.28. The van der Waals surface area contributed by atoms with Gasteiger partial charge in [0.25, 0.3) is 0 Å². The number of aryl methyl sites for hydroxylation is 1. The molecule has 0 saturated heterocycles. The van der Waals surface area contributed by atoms with E-state index in [1.807, 2.05) is 19.1 Å². The Morgan fingerprint density at radius 2 is 2.45 bits per heavy atom. The van der Waals surface area contributed by atoms with E-state index < -0.39 is 5.60 Å². The maximum absolute atomic E-state index is 9.78. The van der Waals surface area contributed by atoms with Crippen molar-refractivity contribution in [2.24, 2.45) is 0 Å². The average molecular weight is 149 g/mol. The molecule has 0 aromatic carbocycles. The van der Waals surface area contributed by atoms with E-state index in [2.05, 4.69) is 4.98 Å². The van der Waals surface area contributed by atoms with Crippen LogP contribution in [0.2, 0.25) is 0 Å². The Labute approximate surface area is 65.9 Å². The third kappa shape index (κ3) is 0.942. The number of hydrogen-bond acceptors (Lipinski definition) is 2. The Morgan fingerprint density at radius 3 is 3.18 bits per heavy atom. The maximum Gasteiger partial charge on any atom is 0.104 e. The summed E-state index contributed by atoms with van der Waals surface area (Å²) in [4.78, 5) is 4.16. The number of aromatic nitrogens is 1. The minimum Gasteiger partial charge on any atom is -0.384 e. The zero-order valence-electron chi connectivity index (χ0n) is 6.54. The van der Waals surface area contributed by atoms with Gasteiger partial charge in [0.1, 0.15) is 5.60 Å². The van der Waals surface area contributed by atoms with Gasteiger partial charge in [-0.2, -0.15) is 0 Å². The van der Waals surface area contributed by atoms with Crippen LogP contribution < -0.4 is 0 Å². The molecule has 0 aliphatic heterocycles. The summed E-state index contributed by atoms with van der Waals surface area (Å²) in [5, 5.41) is 9.78. The van der Waals surface area contributed by atoms with E-state index in [0.29, 0.717) is 0 Å². The van der Waals surface area contributed by atoms with Gasteiger partial charge in [-0.05, 0) is 31.4 Å². The zero-order chi connectivity index (χ0) is 7.90. The topological polar surface area (TPSA) is 33.1 Å². The van der Waals surface area contributed by atoms with Gasteiger partial charge in [-0.25, -0.2) is 0 Å². The minimum atomic E-state index is -0.684. The van der Waals surface area contributed by atoms with Crippen LogP contribution >= 0.6 is 0 Å². The van der Waals surface area contributed by atoms with Crippen molar-refractivity contribution in [3.05, 3.63) is 29.6 Å². The van der Waals surface area contributed by atoms with Gasteiger partial charge in [-0.1, -0.05) is 6.07 Å². The van der Waals surface area contributed by atoms with Crippen molar-refractivity contribution in [1.29, 1.82) is 0 Å². The summed E-state index contributed by atoms with van der Waals surface area (Å²) in [6, 6.07) is 3.95. The molecule has 58 valence electrons. The standard InChI is InChI=1S/C9H11NO/c1-9(11)5-4-7-3-2-6-10-8(7)9/h2-3,6,11H,4-5H2,1H3. The lowest BCUT2D eigenvalue weighted by atomic mass is 10.0. The first-order valence-corrected chi connectivity index (χ1v) is 3.87. The molecule has 2 heteroatoms. The monoisotopic (exact) mass is 149 g/mol. The van der Waals surface area contributed by atoms with E-state index in [9.17, 15) is 5.11 Å². The summed E-state index contributed by atoms with van der Waals surface area (Å²) in [5.74, 6) is 0. The van der Waals surface area contributed by atoms with Crippen LogP contribution in [0, 0.1) is 0 Å². The molecule has 11 heavy (non-hydrogen) atoms. The fourth-order valence-electron chi connectivity index (χ4n) is 1.62. The van der Waals surface area contributed by atoms with Crippen molar-refractivity contribution in [1.82, 2.24) is 4.98 Å². The second kappa shape index (κ2) is 2.05. The Bertz CT molecular complexity index is 281. The lowest BCUT2D eigenvalue weighted by Crippen LogP contribution is -2.17. The zero-order valence-corrected chi connectivity index (χ0v) is 6.54. The summed E-state index contributed by atoms with van der Waals surface area (Å²) in [7, 11) is 0. The highest BCUT2D eigenvalue weighted by Gasteiger charge is 2.32. The predicted octanol–water partition coefficient (Wildman–Crippen LogP) is 1.24. The number of pyridine rings is 1. The van der Waals surface area contributed by atoms with Crippen molar-refractivity contribution >= 4 is 0 Å². The minimum absolute atomic E-state index is 0.684. The highest BCUT2D eigenvalue weighted by atomic mass is 16.3. The molecule has 1 N–H and O–H groups in total. The van der Waals surface area contributed by atoms with Gasteiger partial charge in [-0.3, -0.25) is 4.98 Å². The van der Waals surface area contributed by atoms with Crippen LogP contribution in [0.25, 0.3) is 0 Å². The van der Waals surface area contributed by atoms with Crippen LogP contribution in [0.5, 0.6) is 0 Å². The van der Waals surface area contributed by atoms with Gasteiger partial charge in [0.05, 0.1) is 5.69 Å². The Hall–Kier alpha value is -0.890. The van der Waals surface area contributed by atoms with Crippen molar-refractivity contribution in [3.63, 3.8) is 0 Å². The molecule has 0 bridgehead atoms. The quantitative estimate of drug-likeness (QED) is 0.602. The predicted molar refractivity (Wildman–Crippen MR) is 42.1 cm³/mol. The van der Waals surface area contributed by atoms with Crippen molar-refractivity contribution in [2.75, 3.05) is 0 Å². The fourth-order valence-corrected chi connectivity index (χ4v) is 1.62. The molecule has 0 saturated carbocycles. The maximum atomic E-state index is 9.78. The average Bonchev–Trinajstić information content (AvgIpc) is 2.29. The normalized spacial score (nSPS) is 28.5. The third-order valence-corrected chi connectivity index (χ3v) is 2.28. The van der Waals surface area contributed by atoms with E-state index in [1.165, 1.54) is 5.56 Å². The van der Waals surface area contributed by atoms with Gasteiger partial charge in [0.2, 0.25) is 0 Å². The molecule has 1 atom stereocenters. The summed E-state index contributed by atoms with van der Waals surface area (Å²) in [6.45, 7) is 1.83. The van der Waals surface area contributed by atoms with Crippen LogP contribution in [-0.4, -0.2) is 10.1 Å². The molecule has 2 rings (SSSR count). The fraction of sp³-hybridized carbons (Fsp3) is 0.444. The second-order valence-corrected chi connectivity index (χ2v) is 3.28. The van der Waals surface area contributed by atoms with E-state index in [-0.39, 0.29) is 0 Å². The van der Waals surface area contributed by atoms with Crippen LogP contribution in [0.1, 0.15) is 24.6 Å². The Balaban J connectivity index is 2.56. The first-order valence-electron chi connectivity index (χ1n) is 3.87. The van der Waals surface area contributed by atoms with Gasteiger partial charge < -0.3 is 5.11 Å². The Kier molecular flexibility index (Phi) is 1.26. The SMILES string of the molecule is CC1(O)CCc2cccnc21. The van der Waals surface area contributed by atoms with Crippen LogP contribution in [0.3, 0.4) is 0 Å². The molecule has 1 unspecified atom stereocenters. The molecule has 1 aromatic rings. The van der Waals surface area contributed by atoms with Crippen LogP contribution in [0.4, 0.5) is 0 Å².